The normalized spacial score (nSPS) is 35.7. The smallest absolute Gasteiger partial charge is 0.328 e. The van der Waals surface area contributed by atoms with Crippen molar-refractivity contribution in [1.82, 2.24) is 0 Å². The highest BCUT2D eigenvalue weighted by molar-refractivity contribution is 5.80. The molecule has 1 aliphatic carbocycles. The van der Waals surface area contributed by atoms with Gasteiger partial charge in [-0.2, -0.15) is 0 Å². The van der Waals surface area contributed by atoms with E-state index in [1.807, 2.05) is 6.08 Å². The average molecular weight is 180 g/mol. The van der Waals surface area contributed by atoms with Gasteiger partial charge in [0.2, 0.25) is 0 Å². The lowest BCUT2D eigenvalue weighted by molar-refractivity contribution is -0.390. The van der Waals surface area contributed by atoms with E-state index in [1.165, 1.54) is 0 Å². The van der Waals surface area contributed by atoms with Gasteiger partial charge in [-0.3, -0.25) is 0 Å². The standard InChI is InChI=1S/C9H9NO3/c1-10-6-4-7-9(5-6,13-7)3-2-8(11)12/h2-4,7H,1,5H2,(H,11,12)/p+1. The Labute approximate surface area is 75.2 Å². The van der Waals surface area contributed by atoms with Gasteiger partial charge in [-0.25, -0.2) is 9.79 Å². The first kappa shape index (κ1) is 8.19. The SMILES string of the molecule is C=[NH+]C1=CC2OC2(C=CC(=O)O)C1. The summed E-state index contributed by atoms with van der Waals surface area (Å²) in [7, 11) is 0. The minimum absolute atomic E-state index is 0.0346. The predicted octanol–water partition coefficient (Wildman–Crippen LogP) is -1.17. The molecule has 2 unspecified atom stereocenters. The molecule has 1 heterocycles. The van der Waals surface area contributed by atoms with Gasteiger partial charge in [0, 0.05) is 12.2 Å². The van der Waals surface area contributed by atoms with Gasteiger partial charge >= 0.3 is 5.97 Å². The first-order valence-corrected chi connectivity index (χ1v) is 4.00. The van der Waals surface area contributed by atoms with Crippen molar-refractivity contribution in [2.45, 2.75) is 18.1 Å². The van der Waals surface area contributed by atoms with E-state index in [1.54, 1.807) is 6.08 Å². The molecule has 0 aromatic rings. The van der Waals surface area contributed by atoms with Gasteiger partial charge in [0.05, 0.1) is 6.42 Å². The zero-order chi connectivity index (χ0) is 9.47. The van der Waals surface area contributed by atoms with E-state index in [0.717, 1.165) is 11.8 Å². The summed E-state index contributed by atoms with van der Waals surface area (Å²) in [5.41, 5.74) is 0.615. The summed E-state index contributed by atoms with van der Waals surface area (Å²) in [5, 5.41) is 8.44. The van der Waals surface area contributed by atoms with Crippen LogP contribution < -0.4 is 4.99 Å². The summed E-state index contributed by atoms with van der Waals surface area (Å²) in [4.78, 5) is 13.1. The molecule has 0 aromatic carbocycles. The first-order valence-electron chi connectivity index (χ1n) is 4.00. The second-order valence-corrected chi connectivity index (χ2v) is 3.21. The third kappa shape index (κ3) is 1.29. The molecule has 0 spiro atoms. The minimum atomic E-state index is -0.945. The van der Waals surface area contributed by atoms with Crippen molar-refractivity contribution in [3.63, 3.8) is 0 Å². The zero-order valence-corrected chi connectivity index (χ0v) is 6.99. The first-order chi connectivity index (χ1) is 6.16. The Morgan fingerprint density at radius 1 is 1.92 bits per heavy atom. The van der Waals surface area contributed by atoms with Crippen molar-refractivity contribution in [3.05, 3.63) is 23.9 Å². The average Bonchev–Trinajstić information content (AvgIpc) is 2.66. The van der Waals surface area contributed by atoms with Gasteiger partial charge in [0.25, 0.3) is 0 Å². The molecule has 1 saturated heterocycles. The largest absolute Gasteiger partial charge is 0.478 e. The zero-order valence-electron chi connectivity index (χ0n) is 6.99. The fourth-order valence-corrected chi connectivity index (χ4v) is 1.59. The fourth-order valence-electron chi connectivity index (χ4n) is 1.59. The van der Waals surface area contributed by atoms with E-state index in [4.69, 9.17) is 9.84 Å². The number of nitrogens with one attached hydrogen (secondary N) is 1. The molecule has 2 N–H and O–H groups in total. The van der Waals surface area contributed by atoms with Crippen LogP contribution in [0.2, 0.25) is 0 Å². The van der Waals surface area contributed by atoms with E-state index < -0.39 is 11.6 Å². The van der Waals surface area contributed by atoms with Crippen molar-refractivity contribution in [1.29, 1.82) is 0 Å². The van der Waals surface area contributed by atoms with Crippen LogP contribution in [0.15, 0.2) is 23.9 Å². The van der Waals surface area contributed by atoms with Gasteiger partial charge in [-0.1, -0.05) is 0 Å². The maximum atomic E-state index is 10.3. The molecule has 68 valence electrons. The number of aliphatic carboxylic acids is 1. The Kier molecular flexibility index (Phi) is 1.60. The van der Waals surface area contributed by atoms with Crippen LogP contribution in [0.5, 0.6) is 0 Å². The molecule has 2 rings (SSSR count). The van der Waals surface area contributed by atoms with Gasteiger partial charge in [-0.05, 0) is 6.08 Å². The lowest BCUT2D eigenvalue weighted by atomic mass is 10.1. The van der Waals surface area contributed by atoms with Crippen molar-refractivity contribution >= 4 is 12.7 Å². The molecule has 4 nitrogen and oxygen atoms in total. The molecule has 13 heavy (non-hydrogen) atoms. The number of carboxylic acids is 1. The highest BCUT2D eigenvalue weighted by Gasteiger charge is 2.59. The monoisotopic (exact) mass is 180 g/mol. The maximum absolute atomic E-state index is 10.3. The lowest BCUT2D eigenvalue weighted by Gasteiger charge is -1.97. The third-order valence-corrected chi connectivity index (χ3v) is 2.33. The second-order valence-electron chi connectivity index (χ2n) is 3.21. The molecule has 2 aliphatic rings. The van der Waals surface area contributed by atoms with E-state index in [9.17, 15) is 4.79 Å². The Hall–Kier alpha value is -1.42. The van der Waals surface area contributed by atoms with Crippen LogP contribution in [0.25, 0.3) is 0 Å². The summed E-state index contributed by atoms with van der Waals surface area (Å²) in [5.74, 6) is -0.945. The third-order valence-electron chi connectivity index (χ3n) is 2.33. The molecule has 1 fully saturated rings. The second kappa shape index (κ2) is 2.53. The molecule has 1 aliphatic heterocycles. The van der Waals surface area contributed by atoms with E-state index in [0.29, 0.717) is 6.42 Å². The van der Waals surface area contributed by atoms with E-state index in [2.05, 4.69) is 11.7 Å². The lowest BCUT2D eigenvalue weighted by Crippen LogP contribution is -2.63. The van der Waals surface area contributed by atoms with Crippen LogP contribution in [0.3, 0.4) is 0 Å². The Balaban J connectivity index is 2.06. The summed E-state index contributed by atoms with van der Waals surface area (Å²) in [6.45, 7) is 3.53. The van der Waals surface area contributed by atoms with Crippen LogP contribution >= 0.6 is 0 Å². The maximum Gasteiger partial charge on any atom is 0.328 e. The van der Waals surface area contributed by atoms with Crippen molar-refractivity contribution in [3.8, 4) is 0 Å². The van der Waals surface area contributed by atoms with Gasteiger partial charge in [-0.15, -0.1) is 0 Å². The number of ether oxygens (including phenoxy) is 1. The number of hydrogen-bond acceptors (Lipinski definition) is 2. The number of epoxide rings is 1. The Morgan fingerprint density at radius 3 is 3.23 bits per heavy atom. The molecule has 2 atom stereocenters. The number of fused-ring (bicyclic) bond motifs is 1. The van der Waals surface area contributed by atoms with Gasteiger partial charge in [0.15, 0.2) is 5.70 Å². The molecule has 0 saturated carbocycles. The van der Waals surface area contributed by atoms with Crippen molar-refractivity contribution in [2.24, 2.45) is 0 Å². The summed E-state index contributed by atoms with van der Waals surface area (Å²) in [6.07, 6.45) is 5.37. The highest BCUT2D eigenvalue weighted by Crippen LogP contribution is 2.48. The van der Waals surface area contributed by atoms with E-state index >= 15 is 0 Å². The van der Waals surface area contributed by atoms with Crippen LogP contribution in [0, 0.1) is 0 Å². The summed E-state index contributed by atoms with van der Waals surface area (Å²) < 4.78 is 5.33. The molecule has 0 aromatic heterocycles. The quantitative estimate of drug-likeness (QED) is 0.327. The van der Waals surface area contributed by atoms with Crippen LogP contribution in [0.4, 0.5) is 0 Å². The molecule has 4 heteroatoms. The predicted molar refractivity (Wildman–Crippen MR) is 45.2 cm³/mol. The molecule has 0 radical (unpaired) electrons. The van der Waals surface area contributed by atoms with Gasteiger partial charge < -0.3 is 9.84 Å². The fraction of sp³-hybridized carbons (Fsp3) is 0.333. The highest BCUT2D eigenvalue weighted by atomic mass is 16.6. The van der Waals surface area contributed by atoms with Crippen LogP contribution in [-0.4, -0.2) is 29.5 Å². The Bertz CT molecular complexity index is 332. The number of hydrogen-bond donors (Lipinski definition) is 2. The van der Waals surface area contributed by atoms with Gasteiger partial charge in [0.1, 0.15) is 18.4 Å². The molecular weight excluding hydrogens is 170 g/mol. The minimum Gasteiger partial charge on any atom is -0.478 e. The topological polar surface area (TPSA) is 63.8 Å². The van der Waals surface area contributed by atoms with Crippen LogP contribution in [-0.2, 0) is 9.53 Å². The molecular formula is C9H10NO3+. The molecule has 0 amide bonds. The summed E-state index contributed by atoms with van der Waals surface area (Å²) >= 11 is 0. The summed E-state index contributed by atoms with van der Waals surface area (Å²) in [6, 6.07) is 0. The van der Waals surface area contributed by atoms with Crippen LogP contribution in [0.1, 0.15) is 6.42 Å². The Morgan fingerprint density at radius 2 is 2.69 bits per heavy atom. The number of carboxylic acid groups (broad SMARTS) is 1. The number of carbonyl (C=O) groups is 1. The number of rotatable bonds is 3. The molecule has 0 bridgehead atoms. The van der Waals surface area contributed by atoms with Crippen molar-refractivity contribution < 1.29 is 19.6 Å². The van der Waals surface area contributed by atoms with E-state index in [-0.39, 0.29) is 6.10 Å². The van der Waals surface area contributed by atoms with Crippen molar-refractivity contribution in [2.75, 3.05) is 0 Å².